The third kappa shape index (κ3) is 4.75. The minimum atomic E-state index is -2.70. The normalized spacial score (nSPS) is 24.8. The van der Waals surface area contributed by atoms with Crippen molar-refractivity contribution in [3.05, 3.63) is 75.8 Å². The molecule has 0 unspecified atom stereocenters. The van der Waals surface area contributed by atoms with E-state index in [1.54, 1.807) is 44.4 Å². The van der Waals surface area contributed by atoms with E-state index in [1.165, 1.54) is 11.0 Å². The lowest BCUT2D eigenvalue weighted by atomic mass is 9.58. The number of phenolic OH excluding ortho intramolecular Hbond substituents is 1. The molecule has 44 heavy (non-hydrogen) atoms. The number of nitrogens with zero attached hydrogens (tertiary/aromatic N) is 2. The highest BCUT2D eigenvalue weighted by molar-refractivity contribution is 6.25. The molecule has 2 aromatic carbocycles. The number of likely N-dealkylation sites (N-methyl/N-ethyl adjacent to an activating group) is 2. The summed E-state index contributed by atoms with van der Waals surface area (Å²) in [6.45, 7) is 1.12. The van der Waals surface area contributed by atoms with Crippen molar-refractivity contribution in [3.63, 3.8) is 0 Å². The lowest BCUT2D eigenvalue weighted by molar-refractivity contribution is -0.148. The Morgan fingerprint density at radius 2 is 1.77 bits per heavy atom. The van der Waals surface area contributed by atoms with E-state index in [9.17, 15) is 39.6 Å². The fourth-order valence-corrected chi connectivity index (χ4v) is 6.84. The molecule has 0 spiro atoms. The summed E-state index contributed by atoms with van der Waals surface area (Å²) in [4.78, 5) is 55.9. The number of fused-ring (bicyclic) bond motifs is 3. The van der Waals surface area contributed by atoms with Crippen LogP contribution in [0, 0.1) is 11.8 Å². The van der Waals surface area contributed by atoms with Crippen LogP contribution in [-0.2, 0) is 16.0 Å². The van der Waals surface area contributed by atoms with Gasteiger partial charge in [-0.25, -0.2) is 0 Å². The molecule has 0 saturated heterocycles. The standard InChI is InChI=1S/C32H36N4O8/c1-35(2)11-10-34-31(43)16-7-5-6-15(12-16)18-8-9-21(37)23-19(18)13-17-14-20-25(36(3)4)27(39)24(30(33)42)29(41)32(20,44)28(40)22(17)26(23)38/h5-9,12,17,20,25,37,39-40,44H,10-11,13-14H2,1-4H3,(H2,33,42)(H,34,43)/t17-,20-,25-,32+/m1/s1. The Balaban J connectivity index is 1.60. The van der Waals surface area contributed by atoms with E-state index in [0.29, 0.717) is 35.3 Å². The van der Waals surface area contributed by atoms with Gasteiger partial charge in [0.05, 0.1) is 11.6 Å². The topological polar surface area (TPSA) is 194 Å². The Morgan fingerprint density at radius 1 is 1.07 bits per heavy atom. The van der Waals surface area contributed by atoms with E-state index in [0.717, 1.165) is 0 Å². The molecule has 2 amide bonds. The quantitative estimate of drug-likeness (QED) is 0.249. The second kappa shape index (κ2) is 11.2. The van der Waals surface area contributed by atoms with Gasteiger partial charge in [0, 0.05) is 30.1 Å². The van der Waals surface area contributed by atoms with Gasteiger partial charge >= 0.3 is 0 Å². The number of aliphatic hydroxyl groups is 3. The number of carbonyl (C=O) groups excluding carboxylic acids is 4. The van der Waals surface area contributed by atoms with Gasteiger partial charge in [-0.15, -0.1) is 0 Å². The molecule has 0 aromatic heterocycles. The second-order valence-corrected chi connectivity index (χ2v) is 12.1. The summed E-state index contributed by atoms with van der Waals surface area (Å²) in [6.07, 6.45) is 0.118. The summed E-state index contributed by atoms with van der Waals surface area (Å²) >= 11 is 0. The van der Waals surface area contributed by atoms with Gasteiger partial charge < -0.3 is 36.4 Å². The Morgan fingerprint density at radius 3 is 2.41 bits per heavy atom. The first kappa shape index (κ1) is 30.9. The van der Waals surface area contributed by atoms with Crippen LogP contribution in [0.4, 0.5) is 0 Å². The molecule has 5 rings (SSSR count). The smallest absolute Gasteiger partial charge is 0.255 e. The highest BCUT2D eigenvalue weighted by Gasteiger charge is 2.63. The predicted molar refractivity (Wildman–Crippen MR) is 160 cm³/mol. The number of amides is 2. The minimum Gasteiger partial charge on any atom is -0.510 e. The number of rotatable bonds is 7. The van der Waals surface area contributed by atoms with Gasteiger partial charge in [0.2, 0.25) is 5.78 Å². The number of aromatic hydroxyl groups is 1. The van der Waals surface area contributed by atoms with Crippen LogP contribution in [0.15, 0.2) is 59.1 Å². The van der Waals surface area contributed by atoms with Crippen LogP contribution in [0.3, 0.4) is 0 Å². The molecular formula is C32H36N4O8. The van der Waals surface area contributed by atoms with Gasteiger partial charge in [-0.3, -0.25) is 24.1 Å². The summed E-state index contributed by atoms with van der Waals surface area (Å²) in [5.41, 5.74) is 3.62. The van der Waals surface area contributed by atoms with Crippen LogP contribution < -0.4 is 11.1 Å². The first-order valence-electron chi connectivity index (χ1n) is 14.2. The molecule has 12 nitrogen and oxygen atoms in total. The molecule has 0 fully saturated rings. The van der Waals surface area contributed by atoms with Crippen molar-refractivity contribution >= 4 is 23.4 Å². The molecule has 0 saturated carbocycles. The lowest BCUT2D eigenvalue weighted by Crippen LogP contribution is -2.63. The van der Waals surface area contributed by atoms with Crippen LogP contribution in [0.25, 0.3) is 11.1 Å². The van der Waals surface area contributed by atoms with E-state index in [4.69, 9.17) is 5.73 Å². The minimum absolute atomic E-state index is 0.0187. The van der Waals surface area contributed by atoms with Gasteiger partial charge in [-0.2, -0.15) is 0 Å². The SMILES string of the molecule is CN(C)CCNC(=O)c1cccc(-c2ccc(O)c3c2C[C@@H]2C[C@@H]4[C@@H](N(C)C)C(O)=C(C(N)=O)C(=O)[C@@]4(O)C(O)=C2C3=O)c1. The van der Waals surface area contributed by atoms with Crippen molar-refractivity contribution in [2.75, 3.05) is 41.3 Å². The third-order valence-corrected chi connectivity index (χ3v) is 8.89. The molecule has 3 aliphatic carbocycles. The summed E-state index contributed by atoms with van der Waals surface area (Å²) in [5, 5.41) is 47.9. The zero-order valence-corrected chi connectivity index (χ0v) is 24.9. The average molecular weight is 605 g/mol. The van der Waals surface area contributed by atoms with Crippen LogP contribution in [0.2, 0.25) is 0 Å². The molecule has 12 heteroatoms. The van der Waals surface area contributed by atoms with E-state index in [2.05, 4.69) is 5.32 Å². The van der Waals surface area contributed by atoms with Crippen LogP contribution in [0.5, 0.6) is 5.75 Å². The number of allylic oxidation sites excluding steroid dienone is 1. The Bertz CT molecular complexity index is 1660. The number of phenols is 1. The van der Waals surface area contributed by atoms with Crippen molar-refractivity contribution < 1.29 is 39.6 Å². The number of nitrogens with two attached hydrogens (primary N) is 1. The maximum atomic E-state index is 14.0. The molecule has 4 atom stereocenters. The average Bonchev–Trinajstić information content (AvgIpc) is 2.94. The maximum Gasteiger partial charge on any atom is 0.255 e. The first-order chi connectivity index (χ1) is 20.7. The van der Waals surface area contributed by atoms with Gasteiger partial charge in [-0.1, -0.05) is 18.2 Å². The maximum absolute atomic E-state index is 14.0. The van der Waals surface area contributed by atoms with Crippen molar-refractivity contribution in [2.24, 2.45) is 17.6 Å². The second-order valence-electron chi connectivity index (χ2n) is 12.1. The van der Waals surface area contributed by atoms with Crippen molar-refractivity contribution in [1.29, 1.82) is 0 Å². The largest absolute Gasteiger partial charge is 0.510 e. The summed E-state index contributed by atoms with van der Waals surface area (Å²) in [5.74, 6) is -7.32. The van der Waals surface area contributed by atoms with E-state index < -0.39 is 58.0 Å². The first-order valence-corrected chi connectivity index (χ1v) is 14.2. The molecule has 0 radical (unpaired) electrons. The Labute approximate surface area is 254 Å². The number of nitrogens with one attached hydrogen (secondary N) is 1. The molecule has 0 heterocycles. The number of aliphatic hydroxyl groups excluding tert-OH is 2. The van der Waals surface area contributed by atoms with Crippen molar-refractivity contribution in [1.82, 2.24) is 15.1 Å². The van der Waals surface area contributed by atoms with Crippen LogP contribution in [-0.4, -0.2) is 107 Å². The van der Waals surface area contributed by atoms with E-state index in [1.807, 2.05) is 19.0 Å². The molecule has 0 aliphatic heterocycles. The molecule has 0 bridgehead atoms. The number of Topliss-reactive ketones (excluding diaryl/α,β-unsaturated/α-hetero) is 2. The molecule has 232 valence electrons. The highest BCUT2D eigenvalue weighted by Crippen LogP contribution is 2.53. The zero-order valence-electron chi connectivity index (χ0n) is 24.9. The van der Waals surface area contributed by atoms with Crippen LogP contribution >= 0.6 is 0 Å². The zero-order chi connectivity index (χ0) is 32.2. The number of ketones is 2. The number of hydrogen-bond acceptors (Lipinski definition) is 10. The lowest BCUT2D eigenvalue weighted by Gasteiger charge is -2.50. The van der Waals surface area contributed by atoms with Gasteiger partial charge in [-0.05, 0) is 81.8 Å². The van der Waals surface area contributed by atoms with Crippen molar-refractivity contribution in [2.45, 2.75) is 24.5 Å². The number of primary amides is 1. The van der Waals surface area contributed by atoms with Crippen LogP contribution in [0.1, 0.15) is 32.7 Å². The highest BCUT2D eigenvalue weighted by atomic mass is 16.3. The van der Waals surface area contributed by atoms with Crippen molar-refractivity contribution in [3.8, 4) is 16.9 Å². The number of hydrogen-bond donors (Lipinski definition) is 6. The number of benzene rings is 2. The Hall–Kier alpha value is -4.52. The van der Waals surface area contributed by atoms with Gasteiger partial charge in [0.15, 0.2) is 11.4 Å². The third-order valence-electron chi connectivity index (χ3n) is 8.89. The summed E-state index contributed by atoms with van der Waals surface area (Å²) in [7, 11) is 6.96. The van der Waals surface area contributed by atoms with Gasteiger partial charge in [0.25, 0.3) is 11.8 Å². The van der Waals surface area contributed by atoms with E-state index in [-0.39, 0.29) is 35.6 Å². The molecule has 2 aromatic rings. The monoisotopic (exact) mass is 604 g/mol. The molecular weight excluding hydrogens is 568 g/mol. The fraction of sp³-hybridized carbons (Fsp3) is 0.375. The fourth-order valence-electron chi connectivity index (χ4n) is 6.84. The van der Waals surface area contributed by atoms with E-state index >= 15 is 0 Å². The Kier molecular flexibility index (Phi) is 7.87. The van der Waals surface area contributed by atoms with Gasteiger partial charge in [0.1, 0.15) is 22.8 Å². The number of carbonyl (C=O) groups is 4. The molecule has 7 N–H and O–H groups in total. The predicted octanol–water partition coefficient (Wildman–Crippen LogP) is 1.08. The summed E-state index contributed by atoms with van der Waals surface area (Å²) < 4.78 is 0. The molecule has 3 aliphatic rings. The summed E-state index contributed by atoms with van der Waals surface area (Å²) in [6, 6.07) is 8.79.